The highest BCUT2D eigenvalue weighted by Crippen LogP contribution is 2.15. The summed E-state index contributed by atoms with van der Waals surface area (Å²) in [7, 11) is 3.41. The molecule has 0 amide bonds. The van der Waals surface area contributed by atoms with E-state index in [4.69, 9.17) is 18.9 Å². The Labute approximate surface area is 191 Å². The Morgan fingerprint density at radius 3 is 2.83 bits per heavy atom. The third-order valence-corrected chi connectivity index (χ3v) is 4.50. The third-order valence-electron chi connectivity index (χ3n) is 4.50. The first kappa shape index (κ1) is 25.9. The summed E-state index contributed by atoms with van der Waals surface area (Å²) < 4.78 is 21.8. The number of halogens is 1. The zero-order valence-electron chi connectivity index (χ0n) is 17.5. The fraction of sp³-hybridized carbons (Fsp3) is 0.700. The van der Waals surface area contributed by atoms with Gasteiger partial charge in [-0.2, -0.15) is 0 Å². The quantitative estimate of drug-likeness (QED) is 0.189. The molecule has 2 rings (SSSR count). The SMILES string of the molecule is CN=C(NCCCOCC1CCOCC1)NCc1cccnc1OCCOC.I. The fourth-order valence-electron chi connectivity index (χ4n) is 2.85. The molecule has 1 fully saturated rings. The first-order valence-corrected chi connectivity index (χ1v) is 9.99. The van der Waals surface area contributed by atoms with Crippen LogP contribution in [-0.2, 0) is 20.8 Å². The summed E-state index contributed by atoms with van der Waals surface area (Å²) in [6, 6.07) is 3.88. The molecule has 1 aliphatic rings. The van der Waals surface area contributed by atoms with Crippen molar-refractivity contribution in [2.75, 3.05) is 60.3 Å². The van der Waals surface area contributed by atoms with Crippen LogP contribution in [0.15, 0.2) is 23.3 Å². The molecular weight excluding hydrogens is 487 g/mol. The monoisotopic (exact) mass is 522 g/mol. The summed E-state index contributed by atoms with van der Waals surface area (Å²) in [6.07, 6.45) is 4.88. The largest absolute Gasteiger partial charge is 0.475 e. The number of hydrogen-bond acceptors (Lipinski definition) is 6. The van der Waals surface area contributed by atoms with Gasteiger partial charge >= 0.3 is 0 Å². The molecule has 0 bridgehead atoms. The van der Waals surface area contributed by atoms with Crippen LogP contribution >= 0.6 is 24.0 Å². The Kier molecular flexibility index (Phi) is 14.8. The molecule has 0 spiro atoms. The van der Waals surface area contributed by atoms with Crippen LogP contribution in [-0.4, -0.2) is 71.3 Å². The third kappa shape index (κ3) is 11.0. The van der Waals surface area contributed by atoms with Crippen LogP contribution in [0.1, 0.15) is 24.8 Å². The van der Waals surface area contributed by atoms with Crippen molar-refractivity contribution in [3.05, 3.63) is 23.9 Å². The molecule has 0 aromatic carbocycles. The standard InChI is InChI=1S/C20H34N4O4.HI/c1-21-20(23-9-4-10-27-16-17-6-11-26-12-7-17)24-15-18-5-3-8-22-19(18)28-14-13-25-2;/h3,5,8,17H,4,6-7,9-16H2,1-2H3,(H2,21,23,24);1H. The molecule has 0 aliphatic carbocycles. The van der Waals surface area contributed by atoms with E-state index >= 15 is 0 Å². The minimum absolute atomic E-state index is 0. The van der Waals surface area contributed by atoms with Crippen molar-refractivity contribution >= 4 is 29.9 Å². The number of hydrogen-bond donors (Lipinski definition) is 2. The Morgan fingerprint density at radius 2 is 2.07 bits per heavy atom. The van der Waals surface area contributed by atoms with E-state index in [1.165, 1.54) is 0 Å². The zero-order valence-corrected chi connectivity index (χ0v) is 19.9. The smallest absolute Gasteiger partial charge is 0.218 e. The number of guanidine groups is 1. The van der Waals surface area contributed by atoms with Gasteiger partial charge in [0.25, 0.3) is 0 Å². The molecule has 29 heavy (non-hydrogen) atoms. The van der Waals surface area contributed by atoms with Gasteiger partial charge in [-0.25, -0.2) is 4.98 Å². The average Bonchev–Trinajstić information content (AvgIpc) is 2.74. The minimum Gasteiger partial charge on any atom is -0.475 e. The Morgan fingerprint density at radius 1 is 1.24 bits per heavy atom. The molecule has 1 saturated heterocycles. The topological polar surface area (TPSA) is 86.2 Å². The lowest BCUT2D eigenvalue weighted by Crippen LogP contribution is -2.37. The van der Waals surface area contributed by atoms with Gasteiger partial charge in [-0.05, 0) is 31.2 Å². The van der Waals surface area contributed by atoms with Crippen molar-refractivity contribution in [2.45, 2.75) is 25.8 Å². The maximum atomic E-state index is 5.79. The molecule has 166 valence electrons. The lowest BCUT2D eigenvalue weighted by Gasteiger charge is -2.21. The lowest BCUT2D eigenvalue weighted by molar-refractivity contribution is 0.0203. The van der Waals surface area contributed by atoms with Crippen molar-refractivity contribution in [2.24, 2.45) is 10.9 Å². The van der Waals surface area contributed by atoms with E-state index in [1.54, 1.807) is 20.4 Å². The van der Waals surface area contributed by atoms with Gasteiger partial charge in [-0.15, -0.1) is 24.0 Å². The molecular formula is C20H35IN4O4. The molecule has 1 aromatic heterocycles. The molecule has 0 saturated carbocycles. The first-order valence-electron chi connectivity index (χ1n) is 9.99. The molecule has 0 radical (unpaired) electrons. The van der Waals surface area contributed by atoms with E-state index in [-0.39, 0.29) is 24.0 Å². The van der Waals surface area contributed by atoms with E-state index < -0.39 is 0 Å². The number of ether oxygens (including phenoxy) is 4. The Hall–Kier alpha value is -1.17. The van der Waals surface area contributed by atoms with Crippen molar-refractivity contribution < 1.29 is 18.9 Å². The maximum Gasteiger partial charge on any atom is 0.218 e. The van der Waals surface area contributed by atoms with E-state index in [9.17, 15) is 0 Å². The number of pyridine rings is 1. The fourth-order valence-corrected chi connectivity index (χ4v) is 2.85. The first-order chi connectivity index (χ1) is 13.8. The van der Waals surface area contributed by atoms with Gasteiger partial charge in [0, 0.05) is 65.4 Å². The van der Waals surface area contributed by atoms with Crippen LogP contribution in [0.25, 0.3) is 0 Å². The Bertz CT molecular complexity index is 571. The second-order valence-electron chi connectivity index (χ2n) is 6.65. The molecule has 9 heteroatoms. The Balaban J connectivity index is 0.00000420. The summed E-state index contributed by atoms with van der Waals surface area (Å²) in [4.78, 5) is 8.54. The zero-order chi connectivity index (χ0) is 19.9. The molecule has 2 N–H and O–H groups in total. The van der Waals surface area contributed by atoms with Crippen molar-refractivity contribution in [3.8, 4) is 5.88 Å². The number of nitrogens with zero attached hydrogens (tertiary/aromatic N) is 2. The molecule has 1 aromatic rings. The number of rotatable bonds is 12. The van der Waals surface area contributed by atoms with E-state index in [1.807, 2.05) is 12.1 Å². The number of nitrogens with one attached hydrogen (secondary N) is 2. The second-order valence-corrected chi connectivity index (χ2v) is 6.65. The van der Waals surface area contributed by atoms with Gasteiger partial charge in [-0.3, -0.25) is 4.99 Å². The summed E-state index contributed by atoms with van der Waals surface area (Å²) in [5.41, 5.74) is 0.973. The van der Waals surface area contributed by atoms with Crippen LogP contribution in [0.5, 0.6) is 5.88 Å². The van der Waals surface area contributed by atoms with Gasteiger partial charge in [0.2, 0.25) is 5.88 Å². The van der Waals surface area contributed by atoms with E-state index in [2.05, 4.69) is 20.6 Å². The van der Waals surface area contributed by atoms with E-state index in [0.717, 1.165) is 63.8 Å². The summed E-state index contributed by atoms with van der Waals surface area (Å²) >= 11 is 0. The van der Waals surface area contributed by atoms with E-state index in [0.29, 0.717) is 31.6 Å². The average molecular weight is 522 g/mol. The number of aromatic nitrogens is 1. The van der Waals surface area contributed by atoms with Crippen LogP contribution < -0.4 is 15.4 Å². The van der Waals surface area contributed by atoms with Gasteiger partial charge in [-0.1, -0.05) is 6.07 Å². The number of aliphatic imine (C=N–C) groups is 1. The predicted molar refractivity (Wildman–Crippen MR) is 124 cm³/mol. The van der Waals surface area contributed by atoms with Crippen molar-refractivity contribution in [1.82, 2.24) is 15.6 Å². The van der Waals surface area contributed by atoms with Crippen LogP contribution in [0.3, 0.4) is 0 Å². The minimum atomic E-state index is 0. The van der Waals surface area contributed by atoms with Crippen molar-refractivity contribution in [3.63, 3.8) is 0 Å². The van der Waals surface area contributed by atoms with Crippen LogP contribution in [0.2, 0.25) is 0 Å². The maximum absolute atomic E-state index is 5.79. The predicted octanol–water partition coefficient (Wildman–Crippen LogP) is 2.22. The highest BCUT2D eigenvalue weighted by atomic mass is 127. The van der Waals surface area contributed by atoms with Crippen LogP contribution in [0, 0.1) is 5.92 Å². The summed E-state index contributed by atoms with van der Waals surface area (Å²) in [5, 5.41) is 6.60. The van der Waals surface area contributed by atoms with Gasteiger partial charge in [0.05, 0.1) is 6.61 Å². The number of methoxy groups -OCH3 is 1. The normalized spacial score (nSPS) is 14.9. The second kappa shape index (κ2) is 16.6. The molecule has 0 unspecified atom stereocenters. The molecule has 2 heterocycles. The highest BCUT2D eigenvalue weighted by Gasteiger charge is 2.13. The van der Waals surface area contributed by atoms with Crippen molar-refractivity contribution in [1.29, 1.82) is 0 Å². The summed E-state index contributed by atoms with van der Waals surface area (Å²) in [6.45, 7) is 5.71. The highest BCUT2D eigenvalue weighted by molar-refractivity contribution is 14.0. The van der Waals surface area contributed by atoms with Gasteiger partial charge in [0.1, 0.15) is 6.61 Å². The van der Waals surface area contributed by atoms with Crippen LogP contribution in [0.4, 0.5) is 0 Å². The molecule has 0 atom stereocenters. The summed E-state index contributed by atoms with van der Waals surface area (Å²) in [5.74, 6) is 2.01. The molecule has 8 nitrogen and oxygen atoms in total. The van der Waals surface area contributed by atoms with Gasteiger partial charge < -0.3 is 29.6 Å². The lowest BCUT2D eigenvalue weighted by atomic mass is 10.0. The van der Waals surface area contributed by atoms with Gasteiger partial charge in [0.15, 0.2) is 5.96 Å². The molecule has 1 aliphatic heterocycles.